The molecule has 0 aromatic rings. The molecule has 0 saturated carbocycles. The zero-order valence-corrected chi connectivity index (χ0v) is 32.1. The highest BCUT2D eigenvalue weighted by atomic mass is 16.5. The van der Waals surface area contributed by atoms with Crippen LogP contribution >= 0.6 is 0 Å². The highest BCUT2D eigenvalue weighted by molar-refractivity contribution is 5.72. The van der Waals surface area contributed by atoms with Crippen molar-refractivity contribution in [3.63, 3.8) is 0 Å². The van der Waals surface area contributed by atoms with E-state index in [0.717, 1.165) is 51.4 Å². The second kappa shape index (κ2) is 42.9. The van der Waals surface area contributed by atoms with Gasteiger partial charge in [-0.05, 0) is 25.7 Å². The van der Waals surface area contributed by atoms with Gasteiger partial charge in [0, 0.05) is 13.1 Å². The average molecular weight is 642 g/mol. The van der Waals surface area contributed by atoms with Crippen LogP contribution < -0.4 is 5.32 Å². The summed E-state index contributed by atoms with van der Waals surface area (Å²) in [6, 6.07) is 0. The van der Waals surface area contributed by atoms with Crippen molar-refractivity contribution < 1.29 is 19.1 Å². The van der Waals surface area contributed by atoms with Crippen LogP contribution in [0.2, 0.25) is 0 Å². The third-order valence-electron chi connectivity index (χ3n) is 8.34. The maximum Gasteiger partial charge on any atom is 0.308 e. The number of carbonyl (C=O) groups is 2. The molecule has 0 heterocycles. The van der Waals surface area contributed by atoms with Crippen molar-refractivity contribution in [1.82, 2.24) is 5.32 Å². The molecule has 0 unspecified atom stereocenters. The van der Waals surface area contributed by atoms with E-state index < -0.39 is 0 Å². The normalized spacial score (nSPS) is 10.7. The Balaban J connectivity index is -0.00000422. The van der Waals surface area contributed by atoms with Gasteiger partial charge in [0.15, 0.2) is 0 Å². The third kappa shape index (κ3) is 35.6. The van der Waals surface area contributed by atoms with Crippen molar-refractivity contribution in [3.8, 4) is 0 Å². The molecular formula is C40H83NO4. The summed E-state index contributed by atoms with van der Waals surface area (Å²) in [7, 11) is 0. The fraction of sp³-hybridized carbons (Fsp3) is 0.950. The highest BCUT2D eigenvalue weighted by Gasteiger charge is 2.20. The zero-order chi connectivity index (χ0) is 34.2. The van der Waals surface area contributed by atoms with Gasteiger partial charge in [0.25, 0.3) is 0 Å². The molecule has 0 saturated heterocycles. The zero-order valence-electron chi connectivity index (χ0n) is 32.1. The number of hydrogen-bond donors (Lipinski definition) is 1. The third-order valence-corrected chi connectivity index (χ3v) is 8.34. The molecule has 0 radical (unpaired) electrons. The van der Waals surface area contributed by atoms with E-state index in [1.807, 2.05) is 27.7 Å². The summed E-state index contributed by atoms with van der Waals surface area (Å²) in [4.78, 5) is 25.6. The van der Waals surface area contributed by atoms with Crippen LogP contribution in [0.4, 0.5) is 0 Å². The Labute approximate surface area is 283 Å². The molecule has 5 heteroatoms. The van der Waals surface area contributed by atoms with Crippen LogP contribution in [0.15, 0.2) is 0 Å². The van der Waals surface area contributed by atoms with Gasteiger partial charge in [-0.1, -0.05) is 184 Å². The van der Waals surface area contributed by atoms with Gasteiger partial charge in [-0.2, -0.15) is 0 Å². The highest BCUT2D eigenvalue weighted by Crippen LogP contribution is 2.21. The number of hydrogen-bond acceptors (Lipinski definition) is 5. The molecule has 0 aliphatic heterocycles. The number of unbranched alkanes of at least 4 members (excludes halogenated alkanes) is 16. The summed E-state index contributed by atoms with van der Waals surface area (Å²) in [5.41, 5.74) is 0. The number of carbonyl (C=O) groups excluding carboxylic acids is 2. The Bertz CT molecular complexity index is 492. The lowest BCUT2D eigenvalue weighted by atomic mass is 9.94. The van der Waals surface area contributed by atoms with E-state index in [1.165, 1.54) is 103 Å². The van der Waals surface area contributed by atoms with E-state index in [-0.39, 0.29) is 23.8 Å². The van der Waals surface area contributed by atoms with E-state index in [9.17, 15) is 9.59 Å². The summed E-state index contributed by atoms with van der Waals surface area (Å²) in [6.45, 7) is 18.9. The molecule has 5 nitrogen and oxygen atoms in total. The Morgan fingerprint density at radius 3 is 0.911 bits per heavy atom. The van der Waals surface area contributed by atoms with Crippen molar-refractivity contribution in [2.75, 3.05) is 26.3 Å². The average Bonchev–Trinajstić information content (AvgIpc) is 3.07. The monoisotopic (exact) mass is 642 g/mol. The predicted octanol–water partition coefficient (Wildman–Crippen LogP) is 12.4. The van der Waals surface area contributed by atoms with Gasteiger partial charge in [-0.15, -0.1) is 0 Å². The van der Waals surface area contributed by atoms with Gasteiger partial charge in [-0.25, -0.2) is 0 Å². The molecule has 0 aromatic carbocycles. The van der Waals surface area contributed by atoms with Crippen molar-refractivity contribution in [2.45, 2.75) is 209 Å². The largest absolute Gasteiger partial charge is 0.464 e. The van der Waals surface area contributed by atoms with Gasteiger partial charge >= 0.3 is 11.9 Å². The van der Waals surface area contributed by atoms with Crippen molar-refractivity contribution in [1.29, 1.82) is 0 Å². The molecule has 0 fully saturated rings. The minimum absolute atomic E-state index is 0.0232. The SMILES string of the molecule is CC.CC.CCCCCCCC(CCCCCCC)C(=O)OCCNCCOC(=O)C(CCCCCCC)CCCCCCC. The standard InChI is InChI=1S/C36H71NO4.2C2H6/c1-5-9-13-17-21-25-33(26-22-18-14-10-6-2)35(38)40-31-29-37-30-32-41-36(39)34(27-23-19-15-11-7-3)28-24-20-16-12-8-4;2*1-2/h33-34,37H,5-32H2,1-4H3;2*1-2H3. The maximum atomic E-state index is 12.8. The molecule has 0 atom stereocenters. The summed E-state index contributed by atoms with van der Waals surface area (Å²) >= 11 is 0. The first-order valence-electron chi connectivity index (χ1n) is 20.1. The van der Waals surface area contributed by atoms with Crippen LogP contribution in [0.1, 0.15) is 209 Å². The molecule has 0 aliphatic rings. The van der Waals surface area contributed by atoms with Gasteiger partial charge in [0.05, 0.1) is 11.8 Å². The fourth-order valence-electron chi connectivity index (χ4n) is 5.55. The molecule has 0 bridgehead atoms. The van der Waals surface area contributed by atoms with Crippen molar-refractivity contribution >= 4 is 11.9 Å². The van der Waals surface area contributed by atoms with E-state index in [1.54, 1.807) is 0 Å². The van der Waals surface area contributed by atoms with Crippen LogP contribution in [0.5, 0.6) is 0 Å². The van der Waals surface area contributed by atoms with Gasteiger partial charge in [-0.3, -0.25) is 9.59 Å². The maximum absolute atomic E-state index is 12.8. The molecule has 0 aromatic heterocycles. The van der Waals surface area contributed by atoms with E-state index in [4.69, 9.17) is 9.47 Å². The number of ether oxygens (including phenoxy) is 2. The van der Waals surface area contributed by atoms with E-state index >= 15 is 0 Å². The number of esters is 2. The van der Waals surface area contributed by atoms with Crippen LogP contribution in [0, 0.1) is 11.8 Å². The van der Waals surface area contributed by atoms with Crippen molar-refractivity contribution in [3.05, 3.63) is 0 Å². The van der Waals surface area contributed by atoms with E-state index in [0.29, 0.717) is 26.3 Å². The number of rotatable bonds is 32. The smallest absolute Gasteiger partial charge is 0.308 e. The van der Waals surface area contributed by atoms with Gasteiger partial charge in [0.1, 0.15) is 13.2 Å². The molecule has 0 aliphatic carbocycles. The summed E-state index contributed by atoms with van der Waals surface area (Å²) < 4.78 is 11.3. The minimum Gasteiger partial charge on any atom is -0.464 e. The lowest BCUT2D eigenvalue weighted by Gasteiger charge is -2.17. The first-order chi connectivity index (χ1) is 22.1. The summed E-state index contributed by atoms with van der Waals surface area (Å²) in [5, 5.41) is 3.28. The topological polar surface area (TPSA) is 64.6 Å². The minimum atomic E-state index is -0.0232. The fourth-order valence-corrected chi connectivity index (χ4v) is 5.55. The molecular weight excluding hydrogens is 558 g/mol. The Morgan fingerprint density at radius 2 is 0.667 bits per heavy atom. The van der Waals surface area contributed by atoms with Crippen LogP contribution in [-0.4, -0.2) is 38.2 Å². The molecule has 45 heavy (non-hydrogen) atoms. The quantitative estimate of drug-likeness (QED) is 0.0585. The molecule has 0 rings (SSSR count). The molecule has 1 N–H and O–H groups in total. The lowest BCUT2D eigenvalue weighted by molar-refractivity contribution is -0.149. The van der Waals surface area contributed by atoms with E-state index in [2.05, 4.69) is 33.0 Å². The first kappa shape index (κ1) is 48.3. The van der Waals surface area contributed by atoms with Gasteiger partial charge < -0.3 is 14.8 Å². The van der Waals surface area contributed by atoms with Crippen LogP contribution in [0.25, 0.3) is 0 Å². The summed E-state index contributed by atoms with van der Waals surface area (Å²) in [5.74, 6) is 0.0371. The van der Waals surface area contributed by atoms with Crippen LogP contribution in [0.3, 0.4) is 0 Å². The summed E-state index contributed by atoms with van der Waals surface area (Å²) in [6.07, 6.45) is 28.3. The van der Waals surface area contributed by atoms with Crippen LogP contribution in [-0.2, 0) is 19.1 Å². The van der Waals surface area contributed by atoms with Crippen molar-refractivity contribution in [2.24, 2.45) is 11.8 Å². The Hall–Kier alpha value is -1.10. The second-order valence-electron chi connectivity index (χ2n) is 12.3. The predicted molar refractivity (Wildman–Crippen MR) is 198 cm³/mol. The Kier molecular flexibility index (Phi) is 46.0. The Morgan fingerprint density at radius 1 is 0.422 bits per heavy atom. The lowest BCUT2D eigenvalue weighted by Crippen LogP contribution is -2.28. The van der Waals surface area contributed by atoms with Gasteiger partial charge in [0.2, 0.25) is 0 Å². The first-order valence-corrected chi connectivity index (χ1v) is 20.1. The second-order valence-corrected chi connectivity index (χ2v) is 12.3. The molecule has 272 valence electrons. The molecule has 0 amide bonds. The number of nitrogens with one attached hydrogen (secondary N) is 1. The molecule has 0 spiro atoms.